The zero-order chi connectivity index (χ0) is 13.0. The number of halogens is 1. The van der Waals surface area contributed by atoms with E-state index in [9.17, 15) is 4.79 Å². The summed E-state index contributed by atoms with van der Waals surface area (Å²) in [6.07, 6.45) is 0.764. The molecule has 0 aliphatic rings. The Labute approximate surface area is 111 Å². The highest BCUT2D eigenvalue weighted by atomic mass is 35.5. The summed E-state index contributed by atoms with van der Waals surface area (Å²) in [4.78, 5) is 10.8. The minimum absolute atomic E-state index is 0.472. The van der Waals surface area contributed by atoms with Crippen molar-refractivity contribution in [2.24, 2.45) is 0 Å². The van der Waals surface area contributed by atoms with Crippen LogP contribution in [0.4, 0.5) is 0 Å². The summed E-state index contributed by atoms with van der Waals surface area (Å²) >= 11 is 5.90. The van der Waals surface area contributed by atoms with E-state index < -0.39 is 0 Å². The van der Waals surface area contributed by atoms with Gasteiger partial charge in [0.05, 0.1) is 11.6 Å². The van der Waals surface area contributed by atoms with Gasteiger partial charge in [-0.2, -0.15) is 0 Å². The Morgan fingerprint density at radius 3 is 2.39 bits per heavy atom. The summed E-state index contributed by atoms with van der Waals surface area (Å²) < 4.78 is 5.38. The molecule has 0 heterocycles. The first kappa shape index (κ1) is 12.7. The molecule has 0 aromatic heterocycles. The van der Waals surface area contributed by atoms with Crippen molar-refractivity contribution in [3.05, 3.63) is 53.1 Å². The van der Waals surface area contributed by atoms with Crippen LogP contribution < -0.4 is 4.74 Å². The average Bonchev–Trinajstić information content (AvgIpc) is 2.41. The van der Waals surface area contributed by atoms with E-state index in [0.717, 1.165) is 23.2 Å². The van der Waals surface area contributed by atoms with E-state index in [4.69, 9.17) is 16.3 Å². The Balaban J connectivity index is 2.33. The second-order valence-electron chi connectivity index (χ2n) is 3.81. The Bertz CT molecular complexity index is 547. The number of aldehydes is 1. The highest BCUT2D eigenvalue weighted by Crippen LogP contribution is 2.26. The van der Waals surface area contributed by atoms with Gasteiger partial charge in [-0.15, -0.1) is 0 Å². The molecule has 2 aromatic rings. The molecular formula is C15H13ClO2. The zero-order valence-corrected chi connectivity index (χ0v) is 10.8. The van der Waals surface area contributed by atoms with E-state index in [-0.39, 0.29) is 0 Å². The number of benzene rings is 2. The fourth-order valence-electron chi connectivity index (χ4n) is 1.72. The van der Waals surface area contributed by atoms with Crippen LogP contribution in [-0.2, 0) is 0 Å². The Hall–Kier alpha value is -1.80. The van der Waals surface area contributed by atoms with Gasteiger partial charge in [-0.3, -0.25) is 4.79 Å². The second-order valence-corrected chi connectivity index (χ2v) is 4.22. The van der Waals surface area contributed by atoms with Crippen LogP contribution in [0.5, 0.6) is 5.75 Å². The number of hydrogen-bond donors (Lipinski definition) is 0. The van der Waals surface area contributed by atoms with Crippen molar-refractivity contribution in [2.75, 3.05) is 6.61 Å². The molecule has 0 aliphatic heterocycles. The SMILES string of the molecule is CCOc1ccc(-c2ccc(Cl)c(C=O)c2)cc1. The summed E-state index contributed by atoms with van der Waals surface area (Å²) in [6, 6.07) is 13.2. The first-order valence-electron chi connectivity index (χ1n) is 5.72. The van der Waals surface area contributed by atoms with Gasteiger partial charge in [-0.05, 0) is 42.3 Å². The molecular weight excluding hydrogens is 248 g/mol. The smallest absolute Gasteiger partial charge is 0.151 e. The van der Waals surface area contributed by atoms with Crippen LogP contribution in [0.3, 0.4) is 0 Å². The van der Waals surface area contributed by atoms with Crippen LogP contribution in [0.25, 0.3) is 11.1 Å². The molecule has 0 saturated carbocycles. The van der Waals surface area contributed by atoms with Crippen molar-refractivity contribution in [3.8, 4) is 16.9 Å². The standard InChI is InChI=1S/C15H13ClO2/c1-2-18-14-6-3-11(4-7-14)12-5-8-15(16)13(9-12)10-17/h3-10H,2H2,1H3. The van der Waals surface area contributed by atoms with Gasteiger partial charge in [0, 0.05) is 5.56 Å². The van der Waals surface area contributed by atoms with Crippen LogP contribution in [0.1, 0.15) is 17.3 Å². The second kappa shape index (κ2) is 5.69. The molecule has 0 bridgehead atoms. The predicted octanol–water partition coefficient (Wildman–Crippen LogP) is 4.22. The Kier molecular flexibility index (Phi) is 4.00. The van der Waals surface area contributed by atoms with Gasteiger partial charge in [0.1, 0.15) is 5.75 Å². The third-order valence-electron chi connectivity index (χ3n) is 2.62. The summed E-state index contributed by atoms with van der Waals surface area (Å²) in [5.74, 6) is 0.839. The molecule has 3 heteroatoms. The van der Waals surface area contributed by atoms with Crippen LogP contribution in [0, 0.1) is 0 Å². The summed E-state index contributed by atoms with van der Waals surface area (Å²) in [5.41, 5.74) is 2.49. The van der Waals surface area contributed by atoms with Crippen LogP contribution >= 0.6 is 11.6 Å². The Morgan fingerprint density at radius 2 is 1.78 bits per heavy atom. The lowest BCUT2D eigenvalue weighted by atomic mass is 10.0. The maximum Gasteiger partial charge on any atom is 0.151 e. The number of rotatable bonds is 4. The third kappa shape index (κ3) is 2.71. The quantitative estimate of drug-likeness (QED) is 0.770. The molecule has 0 unspecified atom stereocenters. The molecule has 0 spiro atoms. The minimum Gasteiger partial charge on any atom is -0.494 e. The van der Waals surface area contributed by atoms with Gasteiger partial charge in [0.15, 0.2) is 6.29 Å². The van der Waals surface area contributed by atoms with Crippen molar-refractivity contribution in [1.29, 1.82) is 0 Å². The van der Waals surface area contributed by atoms with Crippen molar-refractivity contribution in [2.45, 2.75) is 6.92 Å². The third-order valence-corrected chi connectivity index (χ3v) is 2.97. The van der Waals surface area contributed by atoms with E-state index in [2.05, 4.69) is 0 Å². The molecule has 0 amide bonds. The van der Waals surface area contributed by atoms with E-state index >= 15 is 0 Å². The molecule has 0 atom stereocenters. The average molecular weight is 261 g/mol. The molecule has 18 heavy (non-hydrogen) atoms. The van der Waals surface area contributed by atoms with Crippen LogP contribution in [-0.4, -0.2) is 12.9 Å². The number of carbonyl (C=O) groups excluding carboxylic acids is 1. The normalized spacial score (nSPS) is 10.1. The molecule has 0 N–H and O–H groups in total. The maximum atomic E-state index is 10.8. The molecule has 92 valence electrons. The summed E-state index contributed by atoms with van der Waals surface area (Å²) in [5, 5.41) is 0.472. The highest BCUT2D eigenvalue weighted by molar-refractivity contribution is 6.33. The first-order chi connectivity index (χ1) is 8.74. The summed E-state index contributed by atoms with van der Waals surface area (Å²) in [7, 11) is 0. The van der Waals surface area contributed by atoms with E-state index in [1.54, 1.807) is 12.1 Å². The first-order valence-corrected chi connectivity index (χ1v) is 6.10. The largest absolute Gasteiger partial charge is 0.494 e. The van der Waals surface area contributed by atoms with Crippen LogP contribution in [0.2, 0.25) is 5.02 Å². The lowest BCUT2D eigenvalue weighted by Crippen LogP contribution is -1.90. The van der Waals surface area contributed by atoms with Crippen molar-refractivity contribution in [3.63, 3.8) is 0 Å². The fraction of sp³-hybridized carbons (Fsp3) is 0.133. The summed E-state index contributed by atoms with van der Waals surface area (Å²) in [6.45, 7) is 2.60. The predicted molar refractivity (Wildman–Crippen MR) is 73.4 cm³/mol. The molecule has 0 radical (unpaired) electrons. The number of ether oxygens (including phenoxy) is 1. The molecule has 2 aromatic carbocycles. The number of hydrogen-bond acceptors (Lipinski definition) is 2. The van der Waals surface area contributed by atoms with E-state index in [1.807, 2.05) is 37.3 Å². The van der Waals surface area contributed by atoms with Crippen LogP contribution in [0.15, 0.2) is 42.5 Å². The molecule has 0 fully saturated rings. The van der Waals surface area contributed by atoms with E-state index in [1.165, 1.54) is 0 Å². The van der Waals surface area contributed by atoms with Gasteiger partial charge in [0.2, 0.25) is 0 Å². The van der Waals surface area contributed by atoms with Gasteiger partial charge in [-0.1, -0.05) is 29.8 Å². The molecule has 2 rings (SSSR count). The minimum atomic E-state index is 0.472. The highest BCUT2D eigenvalue weighted by Gasteiger charge is 2.03. The number of carbonyl (C=O) groups is 1. The van der Waals surface area contributed by atoms with Gasteiger partial charge in [0.25, 0.3) is 0 Å². The van der Waals surface area contributed by atoms with E-state index in [0.29, 0.717) is 17.2 Å². The van der Waals surface area contributed by atoms with Crippen molar-refractivity contribution in [1.82, 2.24) is 0 Å². The molecule has 0 aliphatic carbocycles. The van der Waals surface area contributed by atoms with Gasteiger partial charge >= 0.3 is 0 Å². The van der Waals surface area contributed by atoms with Gasteiger partial charge < -0.3 is 4.74 Å². The fourth-order valence-corrected chi connectivity index (χ4v) is 1.89. The topological polar surface area (TPSA) is 26.3 Å². The van der Waals surface area contributed by atoms with Gasteiger partial charge in [-0.25, -0.2) is 0 Å². The van der Waals surface area contributed by atoms with Crippen molar-refractivity contribution < 1.29 is 9.53 Å². The zero-order valence-electron chi connectivity index (χ0n) is 10.0. The molecule has 2 nitrogen and oxygen atoms in total. The molecule has 0 saturated heterocycles. The van der Waals surface area contributed by atoms with Crippen molar-refractivity contribution >= 4 is 17.9 Å². The maximum absolute atomic E-state index is 10.8. The Morgan fingerprint density at radius 1 is 1.11 bits per heavy atom. The lowest BCUT2D eigenvalue weighted by Gasteiger charge is -2.06. The monoisotopic (exact) mass is 260 g/mol. The lowest BCUT2D eigenvalue weighted by molar-refractivity contribution is 0.112.